The maximum Gasteiger partial charge on any atom is 0.136 e. The Kier molecular flexibility index (Phi) is 5.04. The lowest BCUT2D eigenvalue weighted by molar-refractivity contribution is 0.628. The fraction of sp³-hybridized carbons (Fsp3) is 0. The lowest BCUT2D eigenvalue weighted by Crippen LogP contribution is -1.91. The van der Waals surface area contributed by atoms with Crippen molar-refractivity contribution in [1.82, 2.24) is 4.98 Å². The molecule has 0 fully saturated rings. The summed E-state index contributed by atoms with van der Waals surface area (Å²) in [6, 6.07) is 15.9. The molecule has 0 aliphatic heterocycles. The highest BCUT2D eigenvalue weighted by Gasteiger charge is 2.09. The van der Waals surface area contributed by atoms with E-state index in [1.54, 1.807) is 18.3 Å². The third-order valence-electron chi connectivity index (χ3n) is 3.22. The van der Waals surface area contributed by atoms with Gasteiger partial charge in [0.1, 0.15) is 22.5 Å². The van der Waals surface area contributed by atoms with Crippen molar-refractivity contribution in [1.29, 1.82) is 5.26 Å². The second kappa shape index (κ2) is 7.39. The van der Waals surface area contributed by atoms with Crippen molar-refractivity contribution in [2.75, 3.05) is 5.32 Å². The quantitative estimate of drug-likeness (QED) is 0.573. The Morgan fingerprint density at radius 3 is 2.54 bits per heavy atom. The van der Waals surface area contributed by atoms with Crippen molar-refractivity contribution in [2.45, 2.75) is 0 Å². The predicted octanol–water partition coefficient (Wildman–Crippen LogP) is 5.69. The zero-order chi connectivity index (χ0) is 16.9. The van der Waals surface area contributed by atoms with Crippen LogP contribution in [0.4, 0.5) is 10.1 Å². The third-order valence-corrected chi connectivity index (χ3v) is 4.63. The molecule has 0 aliphatic rings. The molecule has 3 aromatic rings. The van der Waals surface area contributed by atoms with Crippen LogP contribution in [0.1, 0.15) is 5.01 Å². The van der Waals surface area contributed by atoms with Crippen molar-refractivity contribution in [3.05, 3.63) is 75.4 Å². The van der Waals surface area contributed by atoms with Crippen molar-refractivity contribution < 1.29 is 4.39 Å². The van der Waals surface area contributed by atoms with Crippen molar-refractivity contribution >= 4 is 38.5 Å². The molecule has 118 valence electrons. The van der Waals surface area contributed by atoms with Gasteiger partial charge in [-0.1, -0.05) is 28.1 Å². The van der Waals surface area contributed by atoms with Gasteiger partial charge in [-0.05, 0) is 36.4 Å². The number of halogens is 2. The fourth-order valence-electron chi connectivity index (χ4n) is 1.99. The van der Waals surface area contributed by atoms with Crippen LogP contribution in [0, 0.1) is 17.1 Å². The molecule has 6 heteroatoms. The van der Waals surface area contributed by atoms with Gasteiger partial charge in [0.05, 0.1) is 5.69 Å². The molecule has 0 radical (unpaired) electrons. The first kappa shape index (κ1) is 16.4. The molecule has 0 amide bonds. The first-order chi connectivity index (χ1) is 11.7. The molecule has 2 aromatic carbocycles. The number of nitrogens with one attached hydrogen (secondary N) is 1. The Morgan fingerprint density at radius 2 is 1.88 bits per heavy atom. The van der Waals surface area contributed by atoms with E-state index >= 15 is 0 Å². The number of aromatic nitrogens is 1. The molecule has 1 heterocycles. The SMILES string of the molecule is N#CC(=CNc1ccc(F)cc1)c1nc(-c2ccc(Br)cc2)cs1. The minimum atomic E-state index is -0.302. The van der Waals surface area contributed by atoms with Gasteiger partial charge in [0, 0.05) is 27.3 Å². The molecule has 0 spiro atoms. The number of allylic oxidation sites excluding steroid dienone is 1. The summed E-state index contributed by atoms with van der Waals surface area (Å²) in [6.07, 6.45) is 1.58. The number of nitrogens with zero attached hydrogens (tertiary/aromatic N) is 2. The average Bonchev–Trinajstić information content (AvgIpc) is 3.08. The second-order valence-electron chi connectivity index (χ2n) is 4.87. The summed E-state index contributed by atoms with van der Waals surface area (Å²) in [4.78, 5) is 4.52. The number of anilines is 1. The first-order valence-electron chi connectivity index (χ1n) is 7.00. The van der Waals surface area contributed by atoms with E-state index in [2.05, 4.69) is 32.3 Å². The van der Waals surface area contributed by atoms with Gasteiger partial charge < -0.3 is 5.32 Å². The van der Waals surface area contributed by atoms with Gasteiger partial charge in [0.25, 0.3) is 0 Å². The topological polar surface area (TPSA) is 48.7 Å². The smallest absolute Gasteiger partial charge is 0.136 e. The normalized spacial score (nSPS) is 11.1. The molecular formula is C18H11BrFN3S. The monoisotopic (exact) mass is 399 g/mol. The summed E-state index contributed by atoms with van der Waals surface area (Å²) in [6.45, 7) is 0. The maximum atomic E-state index is 12.9. The van der Waals surface area contributed by atoms with E-state index in [1.807, 2.05) is 29.6 Å². The van der Waals surface area contributed by atoms with Gasteiger partial charge in [-0.15, -0.1) is 11.3 Å². The van der Waals surface area contributed by atoms with Crippen LogP contribution in [0.5, 0.6) is 0 Å². The zero-order valence-electron chi connectivity index (χ0n) is 12.3. The molecular weight excluding hydrogens is 389 g/mol. The summed E-state index contributed by atoms with van der Waals surface area (Å²) >= 11 is 4.81. The summed E-state index contributed by atoms with van der Waals surface area (Å²) in [5.41, 5.74) is 2.94. The van der Waals surface area contributed by atoms with Gasteiger partial charge in [-0.2, -0.15) is 5.26 Å². The average molecular weight is 400 g/mol. The van der Waals surface area contributed by atoms with E-state index in [0.29, 0.717) is 16.3 Å². The molecule has 0 saturated heterocycles. The van der Waals surface area contributed by atoms with Crippen LogP contribution in [0.3, 0.4) is 0 Å². The third kappa shape index (κ3) is 3.88. The van der Waals surface area contributed by atoms with Gasteiger partial charge in [0.15, 0.2) is 0 Å². The minimum absolute atomic E-state index is 0.302. The lowest BCUT2D eigenvalue weighted by atomic mass is 10.2. The number of thiazole rings is 1. The van der Waals surface area contributed by atoms with Crippen LogP contribution in [-0.2, 0) is 0 Å². The van der Waals surface area contributed by atoms with E-state index in [4.69, 9.17) is 0 Å². The van der Waals surface area contributed by atoms with Crippen LogP contribution >= 0.6 is 27.3 Å². The predicted molar refractivity (Wildman–Crippen MR) is 98.9 cm³/mol. The van der Waals surface area contributed by atoms with E-state index in [0.717, 1.165) is 15.7 Å². The molecule has 1 aromatic heterocycles. The molecule has 1 N–H and O–H groups in total. The summed E-state index contributed by atoms with van der Waals surface area (Å²) in [7, 11) is 0. The minimum Gasteiger partial charge on any atom is -0.360 e. The molecule has 0 aliphatic carbocycles. The van der Waals surface area contributed by atoms with Crippen molar-refractivity contribution in [3.63, 3.8) is 0 Å². The molecule has 3 rings (SSSR count). The summed E-state index contributed by atoms with van der Waals surface area (Å²) < 4.78 is 13.9. The molecule has 0 unspecified atom stereocenters. The van der Waals surface area contributed by atoms with Gasteiger partial charge in [-0.3, -0.25) is 0 Å². The number of rotatable bonds is 4. The highest BCUT2D eigenvalue weighted by Crippen LogP contribution is 2.27. The van der Waals surface area contributed by atoms with Gasteiger partial charge >= 0.3 is 0 Å². The van der Waals surface area contributed by atoms with Crippen LogP contribution in [-0.4, -0.2) is 4.98 Å². The standard InChI is InChI=1S/C18H11BrFN3S/c19-14-3-1-12(2-4-14)17-11-24-18(23-17)13(9-21)10-22-16-7-5-15(20)6-8-16/h1-8,10-11,22H. The number of nitriles is 1. The second-order valence-corrected chi connectivity index (χ2v) is 6.64. The van der Waals surface area contributed by atoms with Gasteiger partial charge in [-0.25, -0.2) is 9.37 Å². The van der Waals surface area contributed by atoms with E-state index in [-0.39, 0.29) is 5.82 Å². The number of hydrogen-bond donors (Lipinski definition) is 1. The number of hydrogen-bond acceptors (Lipinski definition) is 4. The van der Waals surface area contributed by atoms with Crippen LogP contribution in [0.15, 0.2) is 64.6 Å². The van der Waals surface area contributed by atoms with Gasteiger partial charge in [0.2, 0.25) is 0 Å². The molecule has 3 nitrogen and oxygen atoms in total. The molecule has 0 atom stereocenters. The largest absolute Gasteiger partial charge is 0.360 e. The Bertz CT molecular complexity index is 909. The van der Waals surface area contributed by atoms with Crippen LogP contribution in [0.25, 0.3) is 16.8 Å². The van der Waals surface area contributed by atoms with E-state index in [1.165, 1.54) is 23.5 Å². The first-order valence-corrected chi connectivity index (χ1v) is 8.67. The number of benzene rings is 2. The van der Waals surface area contributed by atoms with E-state index < -0.39 is 0 Å². The molecule has 24 heavy (non-hydrogen) atoms. The zero-order valence-corrected chi connectivity index (χ0v) is 14.7. The highest BCUT2D eigenvalue weighted by molar-refractivity contribution is 9.10. The summed E-state index contributed by atoms with van der Waals surface area (Å²) in [5, 5.41) is 14.9. The Balaban J connectivity index is 1.81. The highest BCUT2D eigenvalue weighted by atomic mass is 79.9. The Morgan fingerprint density at radius 1 is 1.17 bits per heavy atom. The molecule has 0 saturated carbocycles. The Labute approximate surface area is 151 Å². The van der Waals surface area contributed by atoms with Crippen LogP contribution in [0.2, 0.25) is 0 Å². The van der Waals surface area contributed by atoms with Crippen LogP contribution < -0.4 is 5.32 Å². The van der Waals surface area contributed by atoms with E-state index in [9.17, 15) is 9.65 Å². The fourth-order valence-corrected chi connectivity index (χ4v) is 3.05. The summed E-state index contributed by atoms with van der Waals surface area (Å²) in [5.74, 6) is -0.302. The Hall–Kier alpha value is -2.49. The maximum absolute atomic E-state index is 12.9. The van der Waals surface area contributed by atoms with Crippen molar-refractivity contribution in [2.24, 2.45) is 0 Å². The van der Waals surface area contributed by atoms with Crippen molar-refractivity contribution in [3.8, 4) is 17.3 Å². The molecule has 0 bridgehead atoms. The lowest BCUT2D eigenvalue weighted by Gasteiger charge is -2.01.